The van der Waals surface area contributed by atoms with Gasteiger partial charge in [0.2, 0.25) is 0 Å². The van der Waals surface area contributed by atoms with Crippen LogP contribution in [-0.4, -0.2) is 63.1 Å². The summed E-state index contributed by atoms with van der Waals surface area (Å²) in [5, 5.41) is 35.0. The molecule has 4 aliphatic rings. The van der Waals surface area contributed by atoms with Crippen LogP contribution >= 0.6 is 0 Å². The number of unbranched alkanes of at least 4 members (excludes halogenated alkanes) is 8. The Morgan fingerprint density at radius 3 is 2.21 bits per heavy atom. The van der Waals surface area contributed by atoms with Gasteiger partial charge in [0.05, 0.1) is 17.6 Å². The van der Waals surface area contributed by atoms with Crippen molar-refractivity contribution in [3.05, 3.63) is 59.2 Å². The maximum Gasteiger partial charge on any atom is 0.338 e. The van der Waals surface area contributed by atoms with Gasteiger partial charge < -0.3 is 24.8 Å². The molecule has 0 heterocycles. The number of hydrogen-bond donors (Lipinski definition) is 3. The largest absolute Gasteiger partial charge is 0.458 e. The van der Waals surface area contributed by atoms with Crippen molar-refractivity contribution in [2.75, 3.05) is 6.61 Å². The van der Waals surface area contributed by atoms with Crippen molar-refractivity contribution in [2.45, 2.75) is 129 Å². The van der Waals surface area contributed by atoms with Gasteiger partial charge in [0.1, 0.15) is 11.7 Å². The lowest BCUT2D eigenvalue weighted by atomic mass is 9.59. The van der Waals surface area contributed by atoms with Crippen LogP contribution < -0.4 is 0 Å². The first-order valence-electron chi connectivity index (χ1n) is 17.8. The zero-order valence-electron chi connectivity index (χ0n) is 28.8. The van der Waals surface area contributed by atoms with Gasteiger partial charge in [-0.15, -0.1) is 0 Å². The van der Waals surface area contributed by atoms with E-state index in [-0.39, 0.29) is 29.3 Å². The van der Waals surface area contributed by atoms with Gasteiger partial charge in [-0.3, -0.25) is 9.59 Å². The van der Waals surface area contributed by atoms with Crippen LogP contribution in [0.4, 0.5) is 0 Å². The molecule has 5 rings (SSSR count). The SMILES string of the molecule is CCCCCCCCCCCC(=O)OC12CC(C)C34C=C(C)C(OC(=O)c5ccccc5)C3(O)C(O)C(CO)=CC(C4=O)C1C2(C)C. The molecule has 1 aromatic carbocycles. The molecule has 2 bridgehead atoms. The average Bonchev–Trinajstić information content (AvgIpc) is 3.44. The Bertz CT molecular complexity index is 1400. The van der Waals surface area contributed by atoms with Crippen LogP contribution in [0.2, 0.25) is 0 Å². The first kappa shape index (κ1) is 35.5. The molecule has 47 heavy (non-hydrogen) atoms. The summed E-state index contributed by atoms with van der Waals surface area (Å²) in [6, 6.07) is 8.35. The van der Waals surface area contributed by atoms with Gasteiger partial charge >= 0.3 is 11.9 Å². The standard InChI is InChI=1S/C39H54O8/c1-6-7-8-9-10-11-12-13-17-20-30(41)47-38-23-26(3)37-22-25(2)34(46-35(44)27-18-15-14-16-19-27)39(37,45)32(42)28(24-40)21-29(33(37)43)31(38)36(38,4)5/h14-16,18-19,21-22,26,29,31-32,34,40,42,45H,6-13,17,20,23-24H2,1-5H3. The van der Waals surface area contributed by atoms with Crippen molar-refractivity contribution in [1.29, 1.82) is 0 Å². The monoisotopic (exact) mass is 650 g/mol. The predicted molar refractivity (Wildman–Crippen MR) is 178 cm³/mol. The molecule has 0 aromatic heterocycles. The van der Waals surface area contributed by atoms with Crippen LogP contribution in [-0.2, 0) is 19.1 Å². The lowest BCUT2D eigenvalue weighted by Gasteiger charge is -2.49. The van der Waals surface area contributed by atoms with E-state index < -0.39 is 64.6 Å². The number of aliphatic hydroxyl groups excluding tert-OH is 2. The van der Waals surface area contributed by atoms with E-state index in [0.717, 1.165) is 19.3 Å². The summed E-state index contributed by atoms with van der Waals surface area (Å²) in [7, 11) is 0. The van der Waals surface area contributed by atoms with Crippen LogP contribution in [0.5, 0.6) is 0 Å². The molecule has 8 heteroatoms. The minimum absolute atomic E-state index is 0.0864. The molecule has 1 aromatic rings. The highest BCUT2D eigenvalue weighted by molar-refractivity contribution is 5.96. The number of Topliss-reactive ketones (excluding diaryl/α,β-unsaturated/α-hetero) is 1. The van der Waals surface area contributed by atoms with Crippen molar-refractivity contribution in [3.8, 4) is 0 Å². The number of carbonyl (C=O) groups excluding carboxylic acids is 3. The smallest absolute Gasteiger partial charge is 0.338 e. The third-order valence-corrected chi connectivity index (χ3v) is 12.0. The van der Waals surface area contributed by atoms with E-state index in [4.69, 9.17) is 9.47 Å². The molecule has 0 amide bonds. The molecule has 2 fully saturated rings. The predicted octanol–water partition coefficient (Wildman–Crippen LogP) is 6.27. The van der Waals surface area contributed by atoms with E-state index in [9.17, 15) is 29.7 Å². The van der Waals surface area contributed by atoms with Gasteiger partial charge in [0.25, 0.3) is 0 Å². The van der Waals surface area contributed by atoms with Crippen molar-refractivity contribution in [3.63, 3.8) is 0 Å². The molecular formula is C39H54O8. The number of ketones is 1. The summed E-state index contributed by atoms with van der Waals surface area (Å²) in [5.41, 5.74) is -4.67. The van der Waals surface area contributed by atoms with E-state index in [0.29, 0.717) is 12.0 Å². The first-order chi connectivity index (χ1) is 22.3. The minimum atomic E-state index is -2.29. The number of benzene rings is 1. The van der Waals surface area contributed by atoms with Crippen LogP contribution in [0.25, 0.3) is 0 Å². The fraction of sp³-hybridized carbons (Fsp3) is 0.667. The molecule has 8 unspecified atom stereocenters. The molecule has 1 spiro atoms. The zero-order valence-corrected chi connectivity index (χ0v) is 28.8. The molecule has 4 aliphatic carbocycles. The fourth-order valence-corrected chi connectivity index (χ4v) is 9.48. The van der Waals surface area contributed by atoms with E-state index in [2.05, 4.69) is 6.92 Å². The van der Waals surface area contributed by atoms with E-state index >= 15 is 0 Å². The van der Waals surface area contributed by atoms with Gasteiger partial charge in [0.15, 0.2) is 17.5 Å². The van der Waals surface area contributed by atoms with Crippen molar-refractivity contribution < 1.29 is 39.2 Å². The summed E-state index contributed by atoms with van der Waals surface area (Å²) < 4.78 is 12.3. The molecule has 0 saturated heterocycles. The van der Waals surface area contributed by atoms with Gasteiger partial charge in [-0.2, -0.15) is 0 Å². The number of allylic oxidation sites excluding steroid dienone is 1. The number of rotatable bonds is 14. The summed E-state index contributed by atoms with van der Waals surface area (Å²) in [5.74, 6) is -3.16. The topological polar surface area (TPSA) is 130 Å². The van der Waals surface area contributed by atoms with Crippen molar-refractivity contribution in [2.24, 2.45) is 28.6 Å². The lowest BCUT2D eigenvalue weighted by Crippen LogP contribution is -2.66. The van der Waals surface area contributed by atoms with Gasteiger partial charge in [0, 0.05) is 23.7 Å². The molecule has 258 valence electrons. The number of esters is 2. The lowest BCUT2D eigenvalue weighted by molar-refractivity contribution is -0.192. The summed E-state index contributed by atoms with van der Waals surface area (Å²) in [4.78, 5) is 41.6. The quantitative estimate of drug-likeness (QED) is 0.122. The molecule has 0 radical (unpaired) electrons. The summed E-state index contributed by atoms with van der Waals surface area (Å²) in [6.07, 6.45) is 11.1. The third kappa shape index (κ3) is 5.72. The molecule has 8 nitrogen and oxygen atoms in total. The Labute approximate surface area is 279 Å². The molecule has 8 atom stereocenters. The van der Waals surface area contributed by atoms with Gasteiger partial charge in [-0.05, 0) is 49.0 Å². The van der Waals surface area contributed by atoms with Crippen molar-refractivity contribution >= 4 is 17.7 Å². The van der Waals surface area contributed by atoms with Gasteiger partial charge in [-0.1, -0.05) is 109 Å². The Hall–Kier alpha value is -2.81. The van der Waals surface area contributed by atoms with Gasteiger partial charge in [-0.25, -0.2) is 4.79 Å². The van der Waals surface area contributed by atoms with Crippen LogP contribution in [0.3, 0.4) is 0 Å². The second-order valence-electron chi connectivity index (χ2n) is 15.2. The normalized spacial score (nSPS) is 35.1. The average molecular weight is 651 g/mol. The summed E-state index contributed by atoms with van der Waals surface area (Å²) >= 11 is 0. The molecule has 0 aliphatic heterocycles. The highest BCUT2D eigenvalue weighted by Gasteiger charge is 2.83. The highest BCUT2D eigenvalue weighted by atomic mass is 16.6. The number of hydrogen-bond acceptors (Lipinski definition) is 8. The van der Waals surface area contributed by atoms with E-state index in [1.54, 1.807) is 49.4 Å². The number of carbonyl (C=O) groups is 3. The minimum Gasteiger partial charge on any atom is -0.458 e. The van der Waals surface area contributed by atoms with E-state index in [1.807, 2.05) is 20.8 Å². The summed E-state index contributed by atoms with van der Waals surface area (Å²) in [6.45, 7) is 9.14. The Morgan fingerprint density at radius 1 is 0.979 bits per heavy atom. The fourth-order valence-electron chi connectivity index (χ4n) is 9.48. The number of aliphatic hydroxyl groups is 3. The molecular weight excluding hydrogens is 596 g/mol. The maximum atomic E-state index is 14.9. The van der Waals surface area contributed by atoms with E-state index in [1.165, 1.54) is 38.5 Å². The molecule has 3 N–H and O–H groups in total. The number of ether oxygens (including phenoxy) is 2. The third-order valence-electron chi connectivity index (χ3n) is 12.0. The Kier molecular flexibility index (Phi) is 10.3. The molecule has 2 saturated carbocycles. The first-order valence-corrected chi connectivity index (χ1v) is 17.8. The second kappa shape index (κ2) is 13.6. The van der Waals surface area contributed by atoms with Crippen LogP contribution in [0.15, 0.2) is 53.6 Å². The second-order valence-corrected chi connectivity index (χ2v) is 15.2. The zero-order chi connectivity index (χ0) is 34.2. The van der Waals surface area contributed by atoms with Crippen LogP contribution in [0, 0.1) is 28.6 Å². The maximum absolute atomic E-state index is 14.9. The van der Waals surface area contributed by atoms with Crippen LogP contribution in [0.1, 0.15) is 116 Å². The number of fused-ring (bicyclic) bond motifs is 3. The Morgan fingerprint density at radius 2 is 1.60 bits per heavy atom. The van der Waals surface area contributed by atoms with Crippen molar-refractivity contribution in [1.82, 2.24) is 0 Å². The Balaban J connectivity index is 1.40. The highest BCUT2D eigenvalue weighted by Crippen LogP contribution is 2.75.